The van der Waals surface area contributed by atoms with E-state index in [1.54, 1.807) is 6.92 Å². The average molecular weight is 280 g/mol. The first-order valence-electron chi connectivity index (χ1n) is 6.96. The van der Waals surface area contributed by atoms with E-state index in [1.807, 2.05) is 44.2 Å². The Labute approximate surface area is 120 Å². The summed E-state index contributed by atoms with van der Waals surface area (Å²) in [5, 5.41) is 8.85. The fourth-order valence-electron chi connectivity index (χ4n) is 1.97. The number of hydrogen-bond acceptors (Lipinski definition) is 3. The lowest BCUT2D eigenvalue weighted by atomic mass is 9.78. The second kappa shape index (κ2) is 7.29. The molecule has 1 N–H and O–H groups in total. The van der Waals surface area contributed by atoms with Crippen LogP contribution in [0, 0.1) is 0 Å². The van der Waals surface area contributed by atoms with Gasteiger partial charge in [0.25, 0.3) is 0 Å². The molecule has 0 radical (unpaired) electrons. The first-order valence-corrected chi connectivity index (χ1v) is 6.96. The van der Waals surface area contributed by atoms with E-state index in [-0.39, 0.29) is 6.10 Å². The number of hydrogen-bond donors (Lipinski definition) is 1. The molecule has 0 heterocycles. The van der Waals surface area contributed by atoms with Crippen molar-refractivity contribution in [3.05, 3.63) is 35.9 Å². The Balaban J connectivity index is 2.96. The Morgan fingerprint density at radius 3 is 2.40 bits per heavy atom. The lowest BCUT2D eigenvalue weighted by molar-refractivity contribution is -0.0303. The van der Waals surface area contributed by atoms with Crippen molar-refractivity contribution in [2.45, 2.75) is 51.7 Å². The average Bonchev–Trinajstić information content (AvgIpc) is 2.44. The largest absolute Gasteiger partial charge is 0.506 e. The van der Waals surface area contributed by atoms with Crippen LogP contribution in [0.25, 0.3) is 0 Å². The molecular formula is C16H24O4. The van der Waals surface area contributed by atoms with Gasteiger partial charge in [0.15, 0.2) is 0 Å². The molecule has 0 aliphatic rings. The van der Waals surface area contributed by atoms with Crippen molar-refractivity contribution in [2.24, 2.45) is 0 Å². The Morgan fingerprint density at radius 1 is 1.30 bits per heavy atom. The van der Waals surface area contributed by atoms with Crippen LogP contribution in [0.5, 0.6) is 0 Å². The van der Waals surface area contributed by atoms with Crippen LogP contribution in [0.2, 0.25) is 0 Å². The lowest BCUT2D eigenvalue weighted by Gasteiger charge is -2.35. The molecule has 0 saturated carbocycles. The van der Waals surface area contributed by atoms with Crippen molar-refractivity contribution in [3.63, 3.8) is 0 Å². The molecule has 0 aromatic heterocycles. The van der Waals surface area contributed by atoms with Gasteiger partial charge in [0.05, 0.1) is 18.1 Å². The van der Waals surface area contributed by atoms with Gasteiger partial charge in [-0.05, 0) is 32.8 Å². The van der Waals surface area contributed by atoms with Gasteiger partial charge in [0.1, 0.15) is 6.10 Å². The normalized spacial score (nSPS) is 17.0. The highest BCUT2D eigenvalue weighted by molar-refractivity contribution is 5.57. The molecular weight excluding hydrogens is 256 g/mol. The maximum absolute atomic E-state index is 10.8. The van der Waals surface area contributed by atoms with Crippen molar-refractivity contribution in [1.82, 2.24) is 0 Å². The molecule has 0 saturated heterocycles. The van der Waals surface area contributed by atoms with Crippen molar-refractivity contribution >= 4 is 6.16 Å². The van der Waals surface area contributed by atoms with Crippen LogP contribution in [0.3, 0.4) is 0 Å². The van der Waals surface area contributed by atoms with Gasteiger partial charge in [0, 0.05) is 0 Å². The zero-order valence-electron chi connectivity index (χ0n) is 12.6. The monoisotopic (exact) mass is 280 g/mol. The van der Waals surface area contributed by atoms with Crippen LogP contribution in [-0.4, -0.2) is 30.1 Å². The Hall–Kier alpha value is -1.55. The first-order chi connectivity index (χ1) is 9.40. The molecule has 1 aromatic carbocycles. The quantitative estimate of drug-likeness (QED) is 0.771. The molecule has 0 amide bonds. The van der Waals surface area contributed by atoms with Gasteiger partial charge in [0.2, 0.25) is 0 Å². The molecule has 112 valence electrons. The Kier molecular flexibility index (Phi) is 6.02. The smallest absolute Gasteiger partial charge is 0.450 e. The summed E-state index contributed by atoms with van der Waals surface area (Å²) in [7, 11) is 0. The zero-order chi connectivity index (χ0) is 15.2. The van der Waals surface area contributed by atoms with Crippen molar-refractivity contribution in [3.8, 4) is 0 Å². The van der Waals surface area contributed by atoms with Crippen LogP contribution in [0.15, 0.2) is 30.3 Å². The van der Waals surface area contributed by atoms with Gasteiger partial charge in [-0.1, -0.05) is 37.3 Å². The molecule has 4 heteroatoms. The van der Waals surface area contributed by atoms with Crippen LogP contribution in [0.1, 0.15) is 39.7 Å². The molecule has 3 atom stereocenters. The fourth-order valence-corrected chi connectivity index (χ4v) is 1.97. The molecule has 0 aliphatic heterocycles. The van der Waals surface area contributed by atoms with E-state index < -0.39 is 17.7 Å². The third-order valence-electron chi connectivity index (χ3n) is 3.85. The predicted molar refractivity (Wildman–Crippen MR) is 78.1 cm³/mol. The first kappa shape index (κ1) is 16.5. The van der Waals surface area contributed by atoms with Crippen molar-refractivity contribution in [1.29, 1.82) is 0 Å². The summed E-state index contributed by atoms with van der Waals surface area (Å²) < 4.78 is 10.8. The second-order valence-corrected chi connectivity index (χ2v) is 5.34. The lowest BCUT2D eigenvalue weighted by Crippen LogP contribution is -2.42. The Bertz CT molecular complexity index is 418. The summed E-state index contributed by atoms with van der Waals surface area (Å²) in [5.41, 5.74) is 0.500. The number of benzene rings is 1. The highest BCUT2D eigenvalue weighted by Crippen LogP contribution is 2.30. The van der Waals surface area contributed by atoms with E-state index in [1.165, 1.54) is 0 Å². The fraction of sp³-hybridized carbons (Fsp3) is 0.562. The van der Waals surface area contributed by atoms with E-state index in [0.717, 1.165) is 12.0 Å². The van der Waals surface area contributed by atoms with E-state index in [2.05, 4.69) is 6.92 Å². The number of ether oxygens (including phenoxy) is 2. The van der Waals surface area contributed by atoms with Gasteiger partial charge in [-0.2, -0.15) is 0 Å². The predicted octanol–water partition coefficient (Wildman–Crippen LogP) is 3.84. The second-order valence-electron chi connectivity index (χ2n) is 5.34. The van der Waals surface area contributed by atoms with Gasteiger partial charge in [-0.15, -0.1) is 0 Å². The van der Waals surface area contributed by atoms with Crippen LogP contribution >= 0.6 is 0 Å². The Morgan fingerprint density at radius 2 is 1.90 bits per heavy atom. The summed E-state index contributed by atoms with van der Waals surface area (Å²) in [6.07, 6.45) is -0.705. The van der Waals surface area contributed by atoms with E-state index in [9.17, 15) is 4.79 Å². The highest BCUT2D eigenvalue weighted by atomic mass is 16.7. The molecule has 3 unspecified atom stereocenters. The number of carboxylic acid groups (broad SMARTS) is 1. The van der Waals surface area contributed by atoms with Gasteiger partial charge in [-0.25, -0.2) is 4.79 Å². The summed E-state index contributed by atoms with van der Waals surface area (Å²) in [6, 6.07) is 9.75. The third kappa shape index (κ3) is 4.23. The highest BCUT2D eigenvalue weighted by Gasteiger charge is 2.36. The van der Waals surface area contributed by atoms with E-state index in [4.69, 9.17) is 14.6 Å². The maximum atomic E-state index is 10.8. The summed E-state index contributed by atoms with van der Waals surface area (Å²) >= 11 is 0. The summed E-state index contributed by atoms with van der Waals surface area (Å²) in [5.74, 6) is 0. The van der Waals surface area contributed by atoms with Crippen LogP contribution in [0.4, 0.5) is 4.79 Å². The third-order valence-corrected chi connectivity index (χ3v) is 3.85. The minimum atomic E-state index is -1.26. The topological polar surface area (TPSA) is 55.8 Å². The van der Waals surface area contributed by atoms with Crippen LogP contribution < -0.4 is 0 Å². The molecule has 20 heavy (non-hydrogen) atoms. The molecule has 0 spiro atoms. The zero-order valence-corrected chi connectivity index (χ0v) is 12.6. The number of rotatable bonds is 7. The molecule has 1 aromatic rings. The molecule has 0 fully saturated rings. The summed E-state index contributed by atoms with van der Waals surface area (Å²) in [6.45, 7) is 8.22. The van der Waals surface area contributed by atoms with Crippen molar-refractivity contribution < 1.29 is 19.4 Å². The molecule has 4 nitrogen and oxygen atoms in total. The van der Waals surface area contributed by atoms with Gasteiger partial charge in [-0.3, -0.25) is 0 Å². The molecule has 0 aliphatic carbocycles. The maximum Gasteiger partial charge on any atom is 0.506 e. The summed E-state index contributed by atoms with van der Waals surface area (Å²) in [4.78, 5) is 10.8. The van der Waals surface area contributed by atoms with E-state index in [0.29, 0.717) is 6.61 Å². The van der Waals surface area contributed by atoms with E-state index >= 15 is 0 Å². The van der Waals surface area contributed by atoms with Crippen molar-refractivity contribution in [2.75, 3.05) is 6.61 Å². The SMILES string of the molecule is CCC(C)OCC(C)(c1ccccc1)C(C)OC(=O)O. The minimum absolute atomic E-state index is 0.134. The van der Waals surface area contributed by atoms with Gasteiger partial charge < -0.3 is 14.6 Å². The standard InChI is InChI=1S/C16H24O4/c1-5-12(2)19-11-16(4,13(3)20-15(17)18)14-9-7-6-8-10-14/h6-10,12-13H,5,11H2,1-4H3,(H,17,18). The van der Waals surface area contributed by atoms with Crippen LogP contribution in [-0.2, 0) is 14.9 Å². The van der Waals surface area contributed by atoms with Gasteiger partial charge >= 0.3 is 6.16 Å². The minimum Gasteiger partial charge on any atom is -0.450 e. The number of carbonyl (C=O) groups is 1. The molecule has 1 rings (SSSR count). The molecule has 0 bridgehead atoms.